The van der Waals surface area contributed by atoms with Crippen molar-refractivity contribution in [2.24, 2.45) is 0 Å². The van der Waals surface area contributed by atoms with E-state index in [1.54, 1.807) is 38.1 Å². The van der Waals surface area contributed by atoms with E-state index in [9.17, 15) is 13.2 Å². The molecule has 0 atom stereocenters. The molecule has 0 N–H and O–H groups in total. The second-order valence-corrected chi connectivity index (χ2v) is 7.82. The van der Waals surface area contributed by atoms with Gasteiger partial charge in [0.25, 0.3) is 0 Å². The van der Waals surface area contributed by atoms with Gasteiger partial charge in [-0.05, 0) is 37.3 Å². The Morgan fingerprint density at radius 1 is 1.04 bits per heavy atom. The van der Waals surface area contributed by atoms with Gasteiger partial charge in [0.1, 0.15) is 4.90 Å². The zero-order valence-electron chi connectivity index (χ0n) is 15.4. The number of para-hydroxylation sites is 2. The van der Waals surface area contributed by atoms with Crippen molar-refractivity contribution >= 4 is 27.6 Å². The first kappa shape index (κ1) is 21.2. The van der Waals surface area contributed by atoms with E-state index in [4.69, 9.17) is 21.1 Å². The maximum absolute atomic E-state index is 12.8. The van der Waals surface area contributed by atoms with Gasteiger partial charge >= 0.3 is 5.97 Å². The summed E-state index contributed by atoms with van der Waals surface area (Å²) in [6.07, 6.45) is 0. The highest BCUT2D eigenvalue weighted by molar-refractivity contribution is 7.89. The zero-order chi connectivity index (χ0) is 20.0. The summed E-state index contributed by atoms with van der Waals surface area (Å²) in [7, 11) is -3.81. The van der Waals surface area contributed by atoms with Crippen LogP contribution in [0.5, 0.6) is 11.5 Å². The SMILES string of the molecule is CCOc1ccccc1OC(=O)c1ccc(Cl)c(S(=O)(=O)N(CC)CC)c1. The highest BCUT2D eigenvalue weighted by Gasteiger charge is 2.26. The average Bonchev–Trinajstić information content (AvgIpc) is 2.64. The third-order valence-electron chi connectivity index (χ3n) is 3.84. The van der Waals surface area contributed by atoms with Crippen LogP contribution in [-0.2, 0) is 10.0 Å². The van der Waals surface area contributed by atoms with Crippen LogP contribution in [0.3, 0.4) is 0 Å². The molecule has 0 aliphatic heterocycles. The fraction of sp³-hybridized carbons (Fsp3) is 0.316. The van der Waals surface area contributed by atoms with Crippen LogP contribution in [0.25, 0.3) is 0 Å². The molecule has 0 aliphatic carbocycles. The lowest BCUT2D eigenvalue weighted by atomic mass is 10.2. The van der Waals surface area contributed by atoms with Crippen molar-refractivity contribution in [2.75, 3.05) is 19.7 Å². The molecule has 0 spiro atoms. The van der Waals surface area contributed by atoms with Gasteiger partial charge in [-0.15, -0.1) is 0 Å². The van der Waals surface area contributed by atoms with Crippen LogP contribution in [0.4, 0.5) is 0 Å². The Kier molecular flexibility index (Phi) is 7.24. The maximum atomic E-state index is 12.8. The van der Waals surface area contributed by atoms with Crippen LogP contribution in [0.1, 0.15) is 31.1 Å². The van der Waals surface area contributed by atoms with Gasteiger partial charge in [-0.2, -0.15) is 4.31 Å². The van der Waals surface area contributed by atoms with E-state index in [1.807, 2.05) is 6.92 Å². The molecular formula is C19H22ClNO5S. The van der Waals surface area contributed by atoms with Crippen LogP contribution < -0.4 is 9.47 Å². The highest BCUT2D eigenvalue weighted by atomic mass is 35.5. The molecule has 0 saturated heterocycles. The number of carbonyl (C=O) groups is 1. The molecule has 0 fully saturated rings. The van der Waals surface area contributed by atoms with Crippen molar-refractivity contribution in [1.82, 2.24) is 4.31 Å². The molecule has 6 nitrogen and oxygen atoms in total. The number of nitrogens with zero attached hydrogens (tertiary/aromatic N) is 1. The third-order valence-corrected chi connectivity index (χ3v) is 6.37. The first-order valence-corrected chi connectivity index (χ1v) is 10.4. The van der Waals surface area contributed by atoms with E-state index in [-0.39, 0.29) is 21.2 Å². The zero-order valence-corrected chi connectivity index (χ0v) is 17.0. The average molecular weight is 412 g/mol. The number of carbonyl (C=O) groups excluding carboxylic acids is 1. The van der Waals surface area contributed by atoms with Crippen molar-refractivity contribution in [2.45, 2.75) is 25.7 Å². The van der Waals surface area contributed by atoms with Crippen molar-refractivity contribution in [3.63, 3.8) is 0 Å². The van der Waals surface area contributed by atoms with Gasteiger partial charge in [0.15, 0.2) is 11.5 Å². The Balaban J connectivity index is 2.37. The Hall–Kier alpha value is -2.09. The molecule has 0 radical (unpaired) electrons. The summed E-state index contributed by atoms with van der Waals surface area (Å²) < 4.78 is 37.6. The lowest BCUT2D eigenvalue weighted by Gasteiger charge is -2.19. The minimum atomic E-state index is -3.81. The molecule has 2 aromatic carbocycles. The molecule has 0 saturated carbocycles. The Labute approximate surface area is 164 Å². The van der Waals surface area contributed by atoms with E-state index in [2.05, 4.69) is 0 Å². The van der Waals surface area contributed by atoms with Gasteiger partial charge in [-0.1, -0.05) is 37.6 Å². The van der Waals surface area contributed by atoms with Gasteiger partial charge in [-0.3, -0.25) is 0 Å². The monoisotopic (exact) mass is 411 g/mol. The number of hydrogen-bond acceptors (Lipinski definition) is 5. The van der Waals surface area contributed by atoms with Gasteiger partial charge < -0.3 is 9.47 Å². The molecule has 2 rings (SSSR count). The van der Waals surface area contributed by atoms with Gasteiger partial charge in [-0.25, -0.2) is 13.2 Å². The normalized spacial score (nSPS) is 11.4. The molecule has 0 aromatic heterocycles. The summed E-state index contributed by atoms with van der Waals surface area (Å²) in [6, 6.07) is 10.8. The van der Waals surface area contributed by atoms with Gasteiger partial charge in [0, 0.05) is 13.1 Å². The summed E-state index contributed by atoms with van der Waals surface area (Å²) in [5.41, 5.74) is 0.0800. The highest BCUT2D eigenvalue weighted by Crippen LogP contribution is 2.29. The number of sulfonamides is 1. The van der Waals surface area contributed by atoms with Gasteiger partial charge in [0.05, 0.1) is 17.2 Å². The largest absolute Gasteiger partial charge is 0.490 e. The van der Waals surface area contributed by atoms with Crippen LogP contribution in [-0.4, -0.2) is 38.4 Å². The summed E-state index contributed by atoms with van der Waals surface area (Å²) >= 11 is 6.09. The molecule has 27 heavy (non-hydrogen) atoms. The summed E-state index contributed by atoms with van der Waals surface area (Å²) in [4.78, 5) is 12.4. The Bertz CT molecular complexity index is 910. The van der Waals surface area contributed by atoms with Crippen LogP contribution >= 0.6 is 11.6 Å². The lowest BCUT2D eigenvalue weighted by molar-refractivity contribution is 0.0728. The smallest absolute Gasteiger partial charge is 0.343 e. The Morgan fingerprint density at radius 3 is 2.26 bits per heavy atom. The summed E-state index contributed by atoms with van der Waals surface area (Å²) in [5.74, 6) is -0.0134. The Morgan fingerprint density at radius 2 is 1.67 bits per heavy atom. The first-order valence-electron chi connectivity index (χ1n) is 8.58. The summed E-state index contributed by atoms with van der Waals surface area (Å²) in [6.45, 7) is 6.30. The minimum Gasteiger partial charge on any atom is -0.490 e. The minimum absolute atomic E-state index is 0.0492. The first-order chi connectivity index (χ1) is 12.8. The number of benzene rings is 2. The van der Waals surface area contributed by atoms with E-state index in [0.29, 0.717) is 25.4 Å². The molecule has 0 unspecified atom stereocenters. The predicted octanol–water partition coefficient (Wildman–Crippen LogP) is 3.99. The topological polar surface area (TPSA) is 72.9 Å². The predicted molar refractivity (Wildman–Crippen MR) is 104 cm³/mol. The van der Waals surface area contributed by atoms with Crippen LogP contribution in [0.15, 0.2) is 47.4 Å². The van der Waals surface area contributed by atoms with Crippen molar-refractivity contribution in [1.29, 1.82) is 0 Å². The van der Waals surface area contributed by atoms with Crippen LogP contribution in [0, 0.1) is 0 Å². The third kappa shape index (κ3) is 4.80. The van der Waals surface area contributed by atoms with E-state index >= 15 is 0 Å². The molecule has 0 heterocycles. The second-order valence-electron chi connectivity index (χ2n) is 5.50. The second kappa shape index (κ2) is 9.21. The molecule has 146 valence electrons. The number of rotatable bonds is 8. The van der Waals surface area contributed by atoms with E-state index < -0.39 is 16.0 Å². The quantitative estimate of drug-likeness (QED) is 0.485. The number of ether oxygens (including phenoxy) is 2. The molecule has 8 heteroatoms. The number of halogens is 1. The molecule has 0 aliphatic rings. The fourth-order valence-electron chi connectivity index (χ4n) is 2.50. The van der Waals surface area contributed by atoms with E-state index in [0.717, 1.165) is 0 Å². The molecule has 0 bridgehead atoms. The van der Waals surface area contributed by atoms with E-state index in [1.165, 1.54) is 22.5 Å². The molecule has 0 amide bonds. The van der Waals surface area contributed by atoms with Crippen LogP contribution in [0.2, 0.25) is 5.02 Å². The summed E-state index contributed by atoms with van der Waals surface area (Å²) in [5, 5.41) is 0.0492. The van der Waals surface area contributed by atoms with Crippen molar-refractivity contribution in [3.05, 3.63) is 53.1 Å². The molecular weight excluding hydrogens is 390 g/mol. The van der Waals surface area contributed by atoms with Crippen molar-refractivity contribution < 1.29 is 22.7 Å². The maximum Gasteiger partial charge on any atom is 0.343 e. The standard InChI is InChI=1S/C19H22ClNO5S/c1-4-21(5-2)27(23,24)18-13-14(11-12-15(18)20)19(22)26-17-10-8-7-9-16(17)25-6-3/h7-13H,4-6H2,1-3H3. The number of hydrogen-bond donors (Lipinski definition) is 0. The number of esters is 1. The fourth-order valence-corrected chi connectivity index (χ4v) is 4.46. The molecule has 2 aromatic rings. The van der Waals surface area contributed by atoms with Gasteiger partial charge in [0.2, 0.25) is 10.0 Å². The van der Waals surface area contributed by atoms with Crippen molar-refractivity contribution in [3.8, 4) is 11.5 Å². The lowest BCUT2D eigenvalue weighted by Crippen LogP contribution is -2.31.